The van der Waals surface area contributed by atoms with Crippen molar-refractivity contribution in [1.82, 2.24) is 0 Å². The zero-order valence-corrected chi connectivity index (χ0v) is 20.8. The van der Waals surface area contributed by atoms with E-state index in [1.54, 1.807) is 19.9 Å². The average Bonchev–Trinajstić information content (AvgIpc) is 2.72. The molecule has 0 spiro atoms. The van der Waals surface area contributed by atoms with Gasteiger partial charge in [0.2, 0.25) is 0 Å². The molecule has 4 heteroatoms. The number of allylic oxidation sites excluding steroid dienone is 10. The van der Waals surface area contributed by atoms with E-state index < -0.39 is 12.2 Å². The summed E-state index contributed by atoms with van der Waals surface area (Å²) in [6.45, 7) is 13.3. The van der Waals surface area contributed by atoms with Gasteiger partial charge in [0.25, 0.3) is 0 Å². The Labute approximate surface area is 193 Å². The number of aliphatic hydroxyl groups is 2. The lowest BCUT2D eigenvalue weighted by Gasteiger charge is -2.17. The summed E-state index contributed by atoms with van der Waals surface area (Å²) in [5, 5.41) is 20.7. The number of hydrogen-bond acceptors (Lipinski definition) is 4. The van der Waals surface area contributed by atoms with Crippen molar-refractivity contribution in [3.8, 4) is 0 Å². The van der Waals surface area contributed by atoms with Crippen molar-refractivity contribution in [3.05, 3.63) is 69.4 Å². The van der Waals surface area contributed by atoms with Crippen molar-refractivity contribution in [2.45, 2.75) is 92.8 Å². The topological polar surface area (TPSA) is 74.6 Å². The molecule has 0 aromatic heterocycles. The van der Waals surface area contributed by atoms with Gasteiger partial charge in [0.05, 0.1) is 0 Å². The number of Topliss-reactive ketones (excluding diaryl/α,β-unsaturated/α-hetero) is 1. The van der Waals surface area contributed by atoms with Gasteiger partial charge in [0.1, 0.15) is 12.2 Å². The number of aliphatic hydroxyl groups excluding tert-OH is 2. The first kappa shape index (κ1) is 27.7. The average molecular weight is 441 g/mol. The normalized spacial score (nSPS) is 18.0. The van der Waals surface area contributed by atoms with Gasteiger partial charge in [-0.2, -0.15) is 0 Å². The van der Waals surface area contributed by atoms with Crippen LogP contribution in [0.5, 0.6) is 0 Å². The third kappa shape index (κ3) is 9.05. The fraction of sp³-hybridized carbons (Fsp3) is 0.500. The molecule has 1 aliphatic carbocycles. The van der Waals surface area contributed by atoms with Crippen LogP contribution in [0.1, 0.15) is 80.6 Å². The third-order valence-electron chi connectivity index (χ3n) is 5.88. The van der Waals surface area contributed by atoms with E-state index in [9.17, 15) is 19.8 Å². The van der Waals surface area contributed by atoms with E-state index in [1.807, 2.05) is 32.9 Å². The highest BCUT2D eigenvalue weighted by Gasteiger charge is 2.22. The molecule has 0 aliphatic heterocycles. The highest BCUT2D eigenvalue weighted by atomic mass is 16.3. The minimum atomic E-state index is -0.924. The summed E-state index contributed by atoms with van der Waals surface area (Å²) in [4.78, 5) is 24.3. The first-order valence-electron chi connectivity index (χ1n) is 11.4. The number of rotatable bonds is 11. The molecule has 0 saturated carbocycles. The van der Waals surface area contributed by atoms with Crippen molar-refractivity contribution >= 4 is 11.6 Å². The largest absolute Gasteiger partial charge is 0.386 e. The van der Waals surface area contributed by atoms with E-state index in [0.29, 0.717) is 23.1 Å². The number of carbonyl (C=O) groups excluding carboxylic acids is 2. The molecule has 0 bridgehead atoms. The molecule has 32 heavy (non-hydrogen) atoms. The Hall–Kier alpha value is -2.30. The third-order valence-corrected chi connectivity index (χ3v) is 5.88. The Balaban J connectivity index is 2.58. The summed E-state index contributed by atoms with van der Waals surface area (Å²) in [6.07, 6.45) is 11.2. The standard InChI is InChI=1S/C28H40O4/c1-18(2)10-8-12-20(4)16-26(30)27(31)21(5)13-9-11-19(3)14-15-24-17-25(29)22(6)23(7)28(24)32/h10,13-14,16-17,26-27,30-31H,8-9,11-12,15H2,1-7H3/b19-14+,20-16+,21-13+. The highest BCUT2D eigenvalue weighted by molar-refractivity contribution is 6.22. The second kappa shape index (κ2) is 13.3. The number of carbonyl (C=O) groups is 2. The molecule has 2 atom stereocenters. The lowest BCUT2D eigenvalue weighted by molar-refractivity contribution is -0.115. The minimum Gasteiger partial charge on any atom is -0.386 e. The van der Waals surface area contributed by atoms with Crippen LogP contribution in [0.15, 0.2) is 69.4 Å². The van der Waals surface area contributed by atoms with Gasteiger partial charge in [-0.25, -0.2) is 0 Å². The summed E-state index contributed by atoms with van der Waals surface area (Å²) < 4.78 is 0. The Morgan fingerprint density at radius 3 is 2.09 bits per heavy atom. The molecule has 0 aromatic rings. The predicted molar refractivity (Wildman–Crippen MR) is 132 cm³/mol. The summed E-state index contributed by atoms with van der Waals surface area (Å²) in [5.41, 5.74) is 5.79. The van der Waals surface area contributed by atoms with E-state index in [1.165, 1.54) is 11.6 Å². The van der Waals surface area contributed by atoms with Crippen LogP contribution in [0.3, 0.4) is 0 Å². The second-order valence-electron chi connectivity index (χ2n) is 9.12. The van der Waals surface area contributed by atoms with Gasteiger partial charge in [0.15, 0.2) is 11.6 Å². The van der Waals surface area contributed by atoms with Crippen LogP contribution in [0.25, 0.3) is 0 Å². The van der Waals surface area contributed by atoms with E-state index in [2.05, 4.69) is 19.9 Å². The fourth-order valence-electron chi connectivity index (χ4n) is 3.44. The van der Waals surface area contributed by atoms with Crippen LogP contribution >= 0.6 is 0 Å². The molecule has 176 valence electrons. The molecule has 2 unspecified atom stereocenters. The Morgan fingerprint density at radius 2 is 1.47 bits per heavy atom. The fourth-order valence-corrected chi connectivity index (χ4v) is 3.44. The first-order valence-corrected chi connectivity index (χ1v) is 11.4. The molecule has 0 heterocycles. The van der Waals surface area contributed by atoms with Gasteiger partial charge in [-0.15, -0.1) is 0 Å². The predicted octanol–water partition coefficient (Wildman–Crippen LogP) is 5.88. The quantitative estimate of drug-likeness (QED) is 0.311. The van der Waals surface area contributed by atoms with Gasteiger partial charge in [0, 0.05) is 16.7 Å². The second-order valence-corrected chi connectivity index (χ2v) is 9.12. The van der Waals surface area contributed by atoms with Crippen molar-refractivity contribution in [2.75, 3.05) is 0 Å². The molecule has 0 fully saturated rings. The maximum absolute atomic E-state index is 12.3. The van der Waals surface area contributed by atoms with Crippen LogP contribution in [-0.4, -0.2) is 34.0 Å². The smallest absolute Gasteiger partial charge is 0.185 e. The van der Waals surface area contributed by atoms with E-state index in [-0.39, 0.29) is 11.6 Å². The molecular formula is C28H40O4. The van der Waals surface area contributed by atoms with Gasteiger partial charge in [-0.3, -0.25) is 9.59 Å². The zero-order chi connectivity index (χ0) is 24.4. The van der Waals surface area contributed by atoms with E-state index >= 15 is 0 Å². The van der Waals surface area contributed by atoms with Crippen molar-refractivity contribution in [1.29, 1.82) is 0 Å². The van der Waals surface area contributed by atoms with Crippen LogP contribution in [0.4, 0.5) is 0 Å². The maximum Gasteiger partial charge on any atom is 0.185 e. The monoisotopic (exact) mass is 440 g/mol. The Kier molecular flexibility index (Phi) is 11.5. The van der Waals surface area contributed by atoms with Crippen LogP contribution in [-0.2, 0) is 9.59 Å². The summed E-state index contributed by atoms with van der Waals surface area (Å²) in [7, 11) is 0. The minimum absolute atomic E-state index is 0.0526. The van der Waals surface area contributed by atoms with Crippen molar-refractivity contribution < 1.29 is 19.8 Å². The van der Waals surface area contributed by atoms with Gasteiger partial charge >= 0.3 is 0 Å². The molecule has 1 aliphatic rings. The Morgan fingerprint density at radius 1 is 0.875 bits per heavy atom. The summed E-state index contributed by atoms with van der Waals surface area (Å²) in [5.74, 6) is -0.140. The summed E-state index contributed by atoms with van der Waals surface area (Å²) >= 11 is 0. The molecule has 0 saturated heterocycles. The number of ketones is 2. The number of hydrogen-bond donors (Lipinski definition) is 2. The SMILES string of the molecule is CC(C)=CCC/C(C)=C/C(O)C(O)/C(C)=C/CC/C(C)=C/CC1=CC(=O)C(C)=C(C)C1=O. The van der Waals surface area contributed by atoms with E-state index in [0.717, 1.165) is 42.4 Å². The molecular weight excluding hydrogens is 400 g/mol. The lowest BCUT2D eigenvalue weighted by atomic mass is 9.89. The Bertz CT molecular complexity index is 886. The van der Waals surface area contributed by atoms with Gasteiger partial charge < -0.3 is 10.2 Å². The highest BCUT2D eigenvalue weighted by Crippen LogP contribution is 2.22. The first-order chi connectivity index (χ1) is 14.9. The van der Waals surface area contributed by atoms with Crippen LogP contribution in [0, 0.1) is 0 Å². The molecule has 4 nitrogen and oxygen atoms in total. The van der Waals surface area contributed by atoms with Crippen molar-refractivity contribution in [2.24, 2.45) is 0 Å². The molecule has 0 aromatic carbocycles. The van der Waals surface area contributed by atoms with Gasteiger partial charge in [-0.05, 0) is 92.2 Å². The molecule has 0 amide bonds. The zero-order valence-electron chi connectivity index (χ0n) is 20.8. The van der Waals surface area contributed by atoms with Gasteiger partial charge in [-0.1, -0.05) is 41.0 Å². The van der Waals surface area contributed by atoms with Crippen LogP contribution < -0.4 is 0 Å². The maximum atomic E-state index is 12.3. The summed E-state index contributed by atoms with van der Waals surface area (Å²) in [6, 6.07) is 0. The van der Waals surface area contributed by atoms with E-state index in [4.69, 9.17) is 0 Å². The van der Waals surface area contributed by atoms with Crippen LogP contribution in [0.2, 0.25) is 0 Å². The molecule has 1 rings (SSSR count). The molecule has 2 N–H and O–H groups in total. The van der Waals surface area contributed by atoms with Crippen molar-refractivity contribution in [3.63, 3.8) is 0 Å². The lowest BCUT2D eigenvalue weighted by Crippen LogP contribution is -2.25. The molecule has 0 radical (unpaired) electrons.